The molecule has 5 heteroatoms. The Kier molecular flexibility index (Phi) is 4.84. The van der Waals surface area contributed by atoms with Gasteiger partial charge in [0.05, 0.1) is 25.6 Å². The van der Waals surface area contributed by atoms with Gasteiger partial charge in [-0.1, -0.05) is 12.1 Å². The average Bonchev–Trinajstić information content (AvgIpc) is 3.05. The van der Waals surface area contributed by atoms with Crippen LogP contribution in [0.1, 0.15) is 22.6 Å². The van der Waals surface area contributed by atoms with Gasteiger partial charge in [-0.2, -0.15) is 0 Å². The number of hydrogen-bond acceptors (Lipinski definition) is 5. The fraction of sp³-hybridized carbons (Fsp3) is 0.200. The highest BCUT2D eigenvalue weighted by Gasteiger charge is 2.08. The summed E-state index contributed by atoms with van der Waals surface area (Å²) < 4.78 is 16.5. The zero-order valence-electron chi connectivity index (χ0n) is 14.4. The van der Waals surface area contributed by atoms with Crippen molar-refractivity contribution in [3.8, 4) is 11.5 Å². The van der Waals surface area contributed by atoms with Crippen molar-refractivity contribution in [1.29, 1.82) is 0 Å². The minimum atomic E-state index is 0.628. The van der Waals surface area contributed by atoms with Crippen molar-refractivity contribution in [1.82, 2.24) is 0 Å². The molecule has 0 aliphatic heterocycles. The maximum atomic E-state index is 5.95. The van der Waals surface area contributed by atoms with Crippen LogP contribution in [-0.4, -0.2) is 14.2 Å². The first-order chi connectivity index (χ1) is 12.1. The molecule has 1 heterocycles. The van der Waals surface area contributed by atoms with Crippen molar-refractivity contribution >= 4 is 11.4 Å². The highest BCUT2D eigenvalue weighted by molar-refractivity contribution is 5.55. The lowest BCUT2D eigenvalue weighted by atomic mass is 10.1. The van der Waals surface area contributed by atoms with Gasteiger partial charge in [-0.15, -0.1) is 0 Å². The minimum absolute atomic E-state index is 0.628. The van der Waals surface area contributed by atoms with Crippen LogP contribution in [0.25, 0.3) is 0 Å². The number of rotatable bonds is 6. The summed E-state index contributed by atoms with van der Waals surface area (Å²) in [7, 11) is 3.22. The molecule has 25 heavy (non-hydrogen) atoms. The molecule has 0 amide bonds. The van der Waals surface area contributed by atoms with E-state index in [4.69, 9.17) is 25.4 Å². The minimum Gasteiger partial charge on any atom is -0.495 e. The highest BCUT2D eigenvalue weighted by atomic mass is 16.5. The molecule has 0 unspecified atom stereocenters. The van der Waals surface area contributed by atoms with Gasteiger partial charge in [-0.05, 0) is 47.5 Å². The third-order valence-corrected chi connectivity index (χ3v) is 4.07. The predicted molar refractivity (Wildman–Crippen MR) is 99.1 cm³/mol. The SMILES string of the molecule is COc1cc(Cc2ccc(Cc3ccc(N)c(OC)c3)o2)ccc1N. The molecule has 0 atom stereocenters. The molecule has 0 fully saturated rings. The summed E-state index contributed by atoms with van der Waals surface area (Å²) in [5, 5.41) is 0. The van der Waals surface area contributed by atoms with Crippen LogP contribution in [0.3, 0.4) is 0 Å². The van der Waals surface area contributed by atoms with Crippen molar-refractivity contribution in [2.24, 2.45) is 0 Å². The Morgan fingerprint density at radius 2 is 1.16 bits per heavy atom. The Morgan fingerprint density at radius 1 is 0.720 bits per heavy atom. The highest BCUT2D eigenvalue weighted by Crippen LogP contribution is 2.26. The Morgan fingerprint density at radius 3 is 1.56 bits per heavy atom. The van der Waals surface area contributed by atoms with Crippen LogP contribution in [-0.2, 0) is 12.8 Å². The third-order valence-electron chi connectivity index (χ3n) is 4.07. The number of anilines is 2. The first-order valence-corrected chi connectivity index (χ1v) is 8.01. The molecule has 2 aromatic carbocycles. The van der Waals surface area contributed by atoms with E-state index in [0.29, 0.717) is 35.7 Å². The molecule has 1 aromatic heterocycles. The fourth-order valence-electron chi connectivity index (χ4n) is 2.75. The molecule has 0 spiro atoms. The van der Waals surface area contributed by atoms with Crippen LogP contribution >= 0.6 is 0 Å². The van der Waals surface area contributed by atoms with Crippen LogP contribution in [0.5, 0.6) is 11.5 Å². The first kappa shape index (κ1) is 16.8. The van der Waals surface area contributed by atoms with Crippen LogP contribution in [0.2, 0.25) is 0 Å². The van der Waals surface area contributed by atoms with Gasteiger partial charge in [0, 0.05) is 12.8 Å². The zero-order valence-corrected chi connectivity index (χ0v) is 14.4. The molecule has 5 nitrogen and oxygen atoms in total. The lowest BCUT2D eigenvalue weighted by Crippen LogP contribution is -1.95. The number of nitrogens with two attached hydrogens (primary N) is 2. The summed E-state index contributed by atoms with van der Waals surface area (Å²) in [6, 6.07) is 15.5. The number of nitrogen functional groups attached to an aromatic ring is 2. The quantitative estimate of drug-likeness (QED) is 0.670. The topological polar surface area (TPSA) is 83.6 Å². The van der Waals surface area contributed by atoms with E-state index in [2.05, 4.69) is 0 Å². The molecule has 3 aromatic rings. The standard InChI is InChI=1S/C20H22N2O3/c1-23-19-11-13(3-7-17(19)21)9-15-5-6-16(25-15)10-14-4-8-18(22)20(12-14)24-2/h3-8,11-12H,9-10,21-22H2,1-2H3. The third kappa shape index (κ3) is 3.88. The van der Waals surface area contributed by atoms with E-state index in [1.165, 1.54) is 0 Å². The molecule has 130 valence electrons. The van der Waals surface area contributed by atoms with Gasteiger partial charge < -0.3 is 25.4 Å². The fourth-order valence-corrected chi connectivity index (χ4v) is 2.75. The molecule has 0 aliphatic carbocycles. The van der Waals surface area contributed by atoms with Gasteiger partial charge in [0.15, 0.2) is 0 Å². The van der Waals surface area contributed by atoms with Crippen molar-refractivity contribution in [2.45, 2.75) is 12.8 Å². The molecular formula is C20H22N2O3. The summed E-state index contributed by atoms with van der Waals surface area (Å²) in [4.78, 5) is 0. The van der Waals surface area contributed by atoms with Gasteiger partial charge in [0.2, 0.25) is 0 Å². The van der Waals surface area contributed by atoms with Crippen LogP contribution in [0.4, 0.5) is 11.4 Å². The van der Waals surface area contributed by atoms with E-state index in [0.717, 1.165) is 22.6 Å². The van der Waals surface area contributed by atoms with Gasteiger partial charge in [-0.25, -0.2) is 0 Å². The molecular weight excluding hydrogens is 316 g/mol. The van der Waals surface area contributed by atoms with Crippen molar-refractivity contribution < 1.29 is 13.9 Å². The Hall–Kier alpha value is -3.08. The molecule has 0 saturated heterocycles. The predicted octanol–water partition coefficient (Wildman–Crippen LogP) is 3.64. The van der Waals surface area contributed by atoms with Gasteiger partial charge in [0.25, 0.3) is 0 Å². The molecule has 0 saturated carbocycles. The maximum Gasteiger partial charge on any atom is 0.142 e. The Balaban J connectivity index is 1.72. The second-order valence-electron chi connectivity index (χ2n) is 5.87. The normalized spacial score (nSPS) is 10.6. The number of methoxy groups -OCH3 is 2. The van der Waals surface area contributed by atoms with E-state index in [-0.39, 0.29) is 0 Å². The number of benzene rings is 2. The summed E-state index contributed by atoms with van der Waals surface area (Å²) in [5.74, 6) is 3.14. The van der Waals surface area contributed by atoms with E-state index >= 15 is 0 Å². The average molecular weight is 338 g/mol. The van der Waals surface area contributed by atoms with E-state index in [9.17, 15) is 0 Å². The zero-order chi connectivity index (χ0) is 17.8. The summed E-state index contributed by atoms with van der Waals surface area (Å²) in [6.07, 6.45) is 1.36. The molecule has 4 N–H and O–H groups in total. The summed E-state index contributed by atoms with van der Waals surface area (Å²) in [6.45, 7) is 0. The lowest BCUT2D eigenvalue weighted by Gasteiger charge is -2.07. The Labute approximate surface area is 147 Å². The second kappa shape index (κ2) is 7.21. The van der Waals surface area contributed by atoms with Gasteiger partial charge in [-0.3, -0.25) is 0 Å². The summed E-state index contributed by atoms with van der Waals surface area (Å²) >= 11 is 0. The smallest absolute Gasteiger partial charge is 0.142 e. The van der Waals surface area contributed by atoms with E-state index in [1.54, 1.807) is 14.2 Å². The molecule has 3 rings (SSSR count). The van der Waals surface area contributed by atoms with Crippen LogP contribution < -0.4 is 20.9 Å². The monoisotopic (exact) mass is 338 g/mol. The van der Waals surface area contributed by atoms with Crippen LogP contribution in [0, 0.1) is 0 Å². The van der Waals surface area contributed by atoms with Crippen molar-refractivity contribution in [3.63, 3.8) is 0 Å². The molecule has 0 bridgehead atoms. The van der Waals surface area contributed by atoms with Gasteiger partial charge in [0.1, 0.15) is 23.0 Å². The van der Waals surface area contributed by atoms with E-state index < -0.39 is 0 Å². The lowest BCUT2D eigenvalue weighted by molar-refractivity contribution is 0.416. The number of ether oxygens (including phenoxy) is 2. The number of hydrogen-bond donors (Lipinski definition) is 2. The van der Waals surface area contributed by atoms with Crippen molar-refractivity contribution in [3.05, 3.63) is 71.2 Å². The van der Waals surface area contributed by atoms with Crippen LogP contribution in [0.15, 0.2) is 52.9 Å². The number of furan rings is 1. The maximum absolute atomic E-state index is 5.95. The molecule has 0 radical (unpaired) electrons. The first-order valence-electron chi connectivity index (χ1n) is 8.01. The van der Waals surface area contributed by atoms with E-state index in [1.807, 2.05) is 48.5 Å². The summed E-state index contributed by atoms with van der Waals surface area (Å²) in [5.41, 5.74) is 15.1. The second-order valence-corrected chi connectivity index (χ2v) is 5.87. The van der Waals surface area contributed by atoms with Crippen molar-refractivity contribution in [2.75, 3.05) is 25.7 Å². The van der Waals surface area contributed by atoms with Gasteiger partial charge >= 0.3 is 0 Å². The molecule has 0 aliphatic rings. The largest absolute Gasteiger partial charge is 0.495 e. The Bertz CT molecular complexity index is 801.